The van der Waals surface area contributed by atoms with Crippen LogP contribution < -0.4 is 10.1 Å². The lowest BCUT2D eigenvalue weighted by molar-refractivity contribution is -0.385. The van der Waals surface area contributed by atoms with Gasteiger partial charge in [0.15, 0.2) is 0 Å². The van der Waals surface area contributed by atoms with Crippen LogP contribution in [0.5, 0.6) is 5.75 Å². The molecular weight excluding hydrogens is 298 g/mol. The van der Waals surface area contributed by atoms with Gasteiger partial charge in [-0.15, -0.1) is 0 Å². The summed E-state index contributed by atoms with van der Waals surface area (Å²) in [6.45, 7) is 4.15. The Morgan fingerprint density at radius 2 is 2.04 bits per heavy atom. The van der Waals surface area contributed by atoms with Gasteiger partial charge >= 0.3 is 0 Å². The van der Waals surface area contributed by atoms with Gasteiger partial charge in [0.25, 0.3) is 5.69 Å². The number of nitrogens with one attached hydrogen (secondary N) is 1. The van der Waals surface area contributed by atoms with Crippen LogP contribution in [0.4, 0.5) is 11.5 Å². The zero-order valence-corrected chi connectivity index (χ0v) is 12.9. The second-order valence-corrected chi connectivity index (χ2v) is 4.92. The Morgan fingerprint density at radius 3 is 2.61 bits per heavy atom. The van der Waals surface area contributed by atoms with E-state index in [0.29, 0.717) is 18.0 Å². The first-order chi connectivity index (χ1) is 11.0. The Morgan fingerprint density at radius 1 is 1.35 bits per heavy atom. The minimum absolute atomic E-state index is 0.105. The highest BCUT2D eigenvalue weighted by molar-refractivity contribution is 5.92. The fraction of sp³-hybridized carbons (Fsp3) is 0.250. The van der Waals surface area contributed by atoms with Gasteiger partial charge in [-0.3, -0.25) is 14.9 Å². The third kappa shape index (κ3) is 4.50. The Labute approximate surface area is 133 Å². The number of carbonyl (C=O) groups excluding carboxylic acids is 1. The monoisotopic (exact) mass is 315 g/mol. The number of amides is 1. The predicted molar refractivity (Wildman–Crippen MR) is 85.6 cm³/mol. The van der Waals surface area contributed by atoms with E-state index < -0.39 is 4.92 Å². The summed E-state index contributed by atoms with van der Waals surface area (Å²) >= 11 is 0. The van der Waals surface area contributed by atoms with Crippen molar-refractivity contribution in [1.29, 1.82) is 0 Å². The first-order valence-electron chi connectivity index (χ1n) is 7.12. The van der Waals surface area contributed by atoms with Crippen LogP contribution in [0.15, 0.2) is 36.5 Å². The highest BCUT2D eigenvalue weighted by atomic mass is 16.6. The molecule has 0 unspecified atom stereocenters. The van der Waals surface area contributed by atoms with Gasteiger partial charge < -0.3 is 10.1 Å². The smallest absolute Gasteiger partial charge is 0.287 e. The lowest BCUT2D eigenvalue weighted by atomic mass is 10.1. The third-order valence-electron chi connectivity index (χ3n) is 3.13. The van der Waals surface area contributed by atoms with Gasteiger partial charge in [0.2, 0.25) is 5.91 Å². The molecule has 1 heterocycles. The summed E-state index contributed by atoms with van der Waals surface area (Å²) in [7, 11) is 0. The number of ether oxygens (including phenoxy) is 1. The Balaban J connectivity index is 2.00. The number of aromatic nitrogens is 1. The molecule has 23 heavy (non-hydrogen) atoms. The molecular formula is C16H17N3O4. The summed E-state index contributed by atoms with van der Waals surface area (Å²) in [5.41, 5.74) is 1.27. The number of aryl methyl sites for hydroxylation is 1. The zero-order valence-electron chi connectivity index (χ0n) is 12.9. The van der Waals surface area contributed by atoms with Crippen molar-refractivity contribution in [2.45, 2.75) is 20.3 Å². The van der Waals surface area contributed by atoms with Crippen LogP contribution in [0.25, 0.3) is 0 Å². The molecule has 1 amide bonds. The molecule has 0 aliphatic carbocycles. The summed E-state index contributed by atoms with van der Waals surface area (Å²) in [4.78, 5) is 26.1. The molecule has 0 atom stereocenters. The fourth-order valence-corrected chi connectivity index (χ4v) is 2.02. The van der Waals surface area contributed by atoms with Crippen molar-refractivity contribution in [1.82, 2.24) is 4.98 Å². The van der Waals surface area contributed by atoms with Gasteiger partial charge in [-0.2, -0.15) is 0 Å². The lowest BCUT2D eigenvalue weighted by Gasteiger charge is -2.08. The van der Waals surface area contributed by atoms with Crippen molar-refractivity contribution in [3.8, 4) is 5.75 Å². The molecule has 0 aliphatic heterocycles. The van der Waals surface area contributed by atoms with Crippen LogP contribution in [-0.2, 0) is 11.2 Å². The number of benzene rings is 1. The second-order valence-electron chi connectivity index (χ2n) is 4.92. The molecule has 2 aromatic rings. The summed E-state index contributed by atoms with van der Waals surface area (Å²) in [5, 5.41) is 13.3. The third-order valence-corrected chi connectivity index (χ3v) is 3.13. The maximum absolute atomic E-state index is 12.0. The number of hydrogen-bond acceptors (Lipinski definition) is 5. The van der Waals surface area contributed by atoms with Crippen molar-refractivity contribution >= 4 is 17.4 Å². The minimum Gasteiger partial charge on any atom is -0.494 e. The molecule has 7 heteroatoms. The predicted octanol–water partition coefficient (Wildman–Crippen LogP) is 2.88. The molecule has 7 nitrogen and oxygen atoms in total. The minimum atomic E-state index is -0.522. The molecule has 0 bridgehead atoms. The molecule has 1 aromatic heterocycles. The van der Waals surface area contributed by atoms with Crippen LogP contribution in [0.2, 0.25) is 0 Å². The molecule has 120 valence electrons. The first-order valence-corrected chi connectivity index (χ1v) is 7.12. The topological polar surface area (TPSA) is 94.4 Å². The molecule has 0 saturated heterocycles. The maximum atomic E-state index is 12.0. The van der Waals surface area contributed by atoms with Crippen LogP contribution in [0, 0.1) is 17.0 Å². The van der Waals surface area contributed by atoms with Crippen molar-refractivity contribution in [3.05, 3.63) is 57.8 Å². The van der Waals surface area contributed by atoms with Crippen LogP contribution in [0.3, 0.4) is 0 Å². The molecule has 1 aromatic carbocycles. The summed E-state index contributed by atoms with van der Waals surface area (Å²) in [5.74, 6) is 0.842. The number of carbonyl (C=O) groups is 1. The Bertz CT molecular complexity index is 714. The van der Waals surface area contributed by atoms with E-state index in [1.807, 2.05) is 31.2 Å². The molecule has 0 aliphatic rings. The number of rotatable bonds is 6. The first kappa shape index (κ1) is 16.4. The molecule has 0 saturated carbocycles. The summed E-state index contributed by atoms with van der Waals surface area (Å²) < 4.78 is 5.34. The second kappa shape index (κ2) is 7.35. The zero-order chi connectivity index (χ0) is 16.8. The van der Waals surface area contributed by atoms with Gasteiger partial charge in [0, 0.05) is 6.07 Å². The van der Waals surface area contributed by atoms with Gasteiger partial charge in [-0.05, 0) is 37.1 Å². The number of nitro groups is 1. The van der Waals surface area contributed by atoms with E-state index in [0.717, 1.165) is 17.5 Å². The normalized spacial score (nSPS) is 10.2. The molecule has 1 N–H and O–H groups in total. The standard InChI is InChI=1S/C16H17N3O4/c1-3-23-14-6-4-12(5-7-14)9-15(20)18-16-11(2)8-13(10-17-16)19(21)22/h4-8,10H,3,9H2,1-2H3,(H,17,18,20). The highest BCUT2D eigenvalue weighted by Gasteiger charge is 2.12. The highest BCUT2D eigenvalue weighted by Crippen LogP contribution is 2.18. The van der Waals surface area contributed by atoms with E-state index >= 15 is 0 Å². The van der Waals surface area contributed by atoms with Gasteiger partial charge in [0.1, 0.15) is 17.8 Å². The maximum Gasteiger partial charge on any atom is 0.287 e. The van der Waals surface area contributed by atoms with E-state index in [1.54, 1.807) is 6.92 Å². The summed E-state index contributed by atoms with van der Waals surface area (Å²) in [6, 6.07) is 8.63. The number of pyridine rings is 1. The quantitative estimate of drug-likeness (QED) is 0.653. The van der Waals surface area contributed by atoms with Crippen molar-refractivity contribution in [3.63, 3.8) is 0 Å². The van der Waals surface area contributed by atoms with Crippen molar-refractivity contribution in [2.24, 2.45) is 0 Å². The molecule has 0 fully saturated rings. The van der Waals surface area contributed by atoms with E-state index in [9.17, 15) is 14.9 Å². The van der Waals surface area contributed by atoms with E-state index in [4.69, 9.17) is 4.74 Å². The molecule has 2 rings (SSSR count). The average molecular weight is 315 g/mol. The summed E-state index contributed by atoms with van der Waals surface area (Å²) in [6.07, 6.45) is 1.31. The van der Waals surface area contributed by atoms with Crippen molar-refractivity contribution in [2.75, 3.05) is 11.9 Å². The van der Waals surface area contributed by atoms with Crippen LogP contribution >= 0.6 is 0 Å². The number of nitrogens with zero attached hydrogens (tertiary/aromatic N) is 2. The SMILES string of the molecule is CCOc1ccc(CC(=O)Nc2ncc([N+](=O)[O-])cc2C)cc1. The van der Waals surface area contributed by atoms with E-state index in [1.165, 1.54) is 6.07 Å². The van der Waals surface area contributed by atoms with Gasteiger partial charge in [-0.25, -0.2) is 4.98 Å². The van der Waals surface area contributed by atoms with E-state index in [2.05, 4.69) is 10.3 Å². The van der Waals surface area contributed by atoms with Crippen LogP contribution in [-0.4, -0.2) is 22.4 Å². The van der Waals surface area contributed by atoms with E-state index in [-0.39, 0.29) is 18.0 Å². The van der Waals surface area contributed by atoms with Gasteiger partial charge in [0.05, 0.1) is 18.0 Å². The average Bonchev–Trinajstić information content (AvgIpc) is 2.51. The number of anilines is 1. The van der Waals surface area contributed by atoms with Crippen molar-refractivity contribution < 1.29 is 14.5 Å². The molecule has 0 radical (unpaired) electrons. The lowest BCUT2D eigenvalue weighted by Crippen LogP contribution is -2.16. The Kier molecular flexibility index (Phi) is 5.24. The molecule has 0 spiro atoms. The Hall–Kier alpha value is -2.96. The number of hydrogen-bond donors (Lipinski definition) is 1. The van der Waals surface area contributed by atoms with Crippen LogP contribution in [0.1, 0.15) is 18.1 Å². The largest absolute Gasteiger partial charge is 0.494 e. The fourth-order valence-electron chi connectivity index (χ4n) is 2.02. The van der Waals surface area contributed by atoms with Gasteiger partial charge in [-0.1, -0.05) is 12.1 Å².